The van der Waals surface area contributed by atoms with Crippen molar-refractivity contribution in [2.45, 2.75) is 5.75 Å². The number of anilines is 1. The molecule has 2 aromatic heterocycles. The number of methoxy groups -OCH3 is 2. The molecule has 10 heteroatoms. The third-order valence-electron chi connectivity index (χ3n) is 4.20. The van der Waals surface area contributed by atoms with E-state index < -0.39 is 0 Å². The number of benzene rings is 2. The molecule has 0 radical (unpaired) electrons. The number of aromatic nitrogens is 4. The number of nitrogens with zero attached hydrogens (tertiary/aromatic N) is 3. The molecule has 0 fully saturated rings. The zero-order chi connectivity index (χ0) is 20.9. The Morgan fingerprint density at radius 3 is 2.83 bits per heavy atom. The molecule has 4 aromatic rings. The van der Waals surface area contributed by atoms with E-state index in [1.165, 1.54) is 11.8 Å². The molecule has 0 aliphatic carbocycles. The summed E-state index contributed by atoms with van der Waals surface area (Å²) in [7, 11) is 3.16. The van der Waals surface area contributed by atoms with Gasteiger partial charge in [0.25, 0.3) is 0 Å². The number of carbonyl (C=O) groups excluding carboxylic acids is 1. The zero-order valence-electron chi connectivity index (χ0n) is 16.3. The highest BCUT2D eigenvalue weighted by molar-refractivity contribution is 7.99. The fourth-order valence-electron chi connectivity index (χ4n) is 2.81. The van der Waals surface area contributed by atoms with Gasteiger partial charge in [-0.05, 0) is 24.3 Å². The Morgan fingerprint density at radius 2 is 2.03 bits per heavy atom. The Bertz CT molecular complexity index is 1140. The Morgan fingerprint density at radius 1 is 1.17 bits per heavy atom. The second-order valence-electron chi connectivity index (χ2n) is 6.19. The number of aromatic amines is 1. The molecular weight excluding hydrogens is 422 g/mol. The van der Waals surface area contributed by atoms with Crippen LogP contribution in [0.15, 0.2) is 42.5 Å². The zero-order valence-corrected chi connectivity index (χ0v) is 18.0. The number of nitrogens with one attached hydrogen (secondary N) is 2. The van der Waals surface area contributed by atoms with E-state index in [2.05, 4.69) is 25.5 Å². The first-order chi connectivity index (χ1) is 14.7. The monoisotopic (exact) mass is 441 g/mol. The summed E-state index contributed by atoms with van der Waals surface area (Å²) >= 11 is 3.14. The number of para-hydroxylation sites is 1. The van der Waals surface area contributed by atoms with Crippen molar-refractivity contribution in [2.24, 2.45) is 0 Å². The molecule has 0 saturated carbocycles. The van der Waals surface area contributed by atoms with Crippen LogP contribution < -0.4 is 14.8 Å². The second kappa shape index (κ2) is 9.14. The smallest absolute Gasteiger partial charge is 0.249 e. The molecule has 2 aromatic carbocycles. The predicted octanol–water partition coefficient (Wildman–Crippen LogP) is 3.97. The summed E-state index contributed by atoms with van der Waals surface area (Å²) in [5.74, 6) is 2.76. The van der Waals surface area contributed by atoms with Crippen LogP contribution in [0.4, 0.5) is 5.95 Å². The summed E-state index contributed by atoms with van der Waals surface area (Å²) in [6.45, 7) is 0. The number of hydrogen-bond donors (Lipinski definition) is 2. The van der Waals surface area contributed by atoms with Gasteiger partial charge in [0.05, 0.1) is 35.8 Å². The first-order valence-corrected chi connectivity index (χ1v) is 11.0. The molecule has 0 unspecified atom stereocenters. The van der Waals surface area contributed by atoms with Crippen molar-refractivity contribution in [1.29, 1.82) is 0 Å². The highest BCUT2D eigenvalue weighted by Gasteiger charge is 2.14. The van der Waals surface area contributed by atoms with E-state index in [-0.39, 0.29) is 17.6 Å². The first kappa shape index (κ1) is 20.2. The number of thiazole rings is 1. The van der Waals surface area contributed by atoms with Gasteiger partial charge in [-0.25, -0.2) is 4.98 Å². The molecule has 30 heavy (non-hydrogen) atoms. The maximum absolute atomic E-state index is 12.2. The van der Waals surface area contributed by atoms with Crippen LogP contribution in [0.25, 0.3) is 21.6 Å². The van der Waals surface area contributed by atoms with E-state index in [9.17, 15) is 4.79 Å². The molecular formula is C20H19N5O3S2. The van der Waals surface area contributed by atoms with Gasteiger partial charge in [-0.3, -0.25) is 15.2 Å². The minimum absolute atomic E-state index is 0.173. The van der Waals surface area contributed by atoms with Gasteiger partial charge in [-0.15, -0.1) is 28.2 Å². The van der Waals surface area contributed by atoms with Crippen LogP contribution >= 0.6 is 23.1 Å². The van der Waals surface area contributed by atoms with Crippen molar-refractivity contribution in [3.63, 3.8) is 0 Å². The minimum Gasteiger partial charge on any atom is -0.497 e. The number of thioether (sulfide) groups is 1. The van der Waals surface area contributed by atoms with E-state index in [0.717, 1.165) is 20.8 Å². The molecule has 8 nitrogen and oxygen atoms in total. The Kier molecular flexibility index (Phi) is 6.15. The normalized spacial score (nSPS) is 10.9. The Balaban J connectivity index is 1.33. The fourth-order valence-corrected chi connectivity index (χ4v) is 4.65. The summed E-state index contributed by atoms with van der Waals surface area (Å²) in [6, 6.07) is 13.4. The van der Waals surface area contributed by atoms with Crippen molar-refractivity contribution < 1.29 is 14.3 Å². The Labute approximate surface area is 181 Å². The molecule has 0 atom stereocenters. The molecule has 2 heterocycles. The number of hydrogen-bond acceptors (Lipinski definition) is 8. The SMILES string of the molecule is COc1ccc(-c2nc(NC(=O)CSCc3nc4ccccc4s3)n[nH]2)c(OC)c1. The number of amides is 1. The summed E-state index contributed by atoms with van der Waals surface area (Å²) in [5, 5.41) is 10.6. The third-order valence-corrected chi connectivity index (χ3v) is 6.36. The minimum atomic E-state index is -0.173. The largest absolute Gasteiger partial charge is 0.497 e. The van der Waals surface area contributed by atoms with Crippen molar-refractivity contribution >= 4 is 45.2 Å². The number of fused-ring (bicyclic) bond motifs is 1. The molecule has 2 N–H and O–H groups in total. The first-order valence-electron chi connectivity index (χ1n) is 9.03. The van der Waals surface area contributed by atoms with Gasteiger partial charge in [0.2, 0.25) is 11.9 Å². The summed E-state index contributed by atoms with van der Waals surface area (Å²) in [6.07, 6.45) is 0. The second-order valence-corrected chi connectivity index (χ2v) is 8.29. The van der Waals surface area contributed by atoms with Gasteiger partial charge in [0.1, 0.15) is 16.5 Å². The number of H-pyrrole nitrogens is 1. The van der Waals surface area contributed by atoms with Crippen LogP contribution in [0.5, 0.6) is 11.5 Å². The number of ether oxygens (including phenoxy) is 2. The molecule has 4 rings (SSSR count). The highest BCUT2D eigenvalue weighted by Crippen LogP contribution is 2.31. The van der Waals surface area contributed by atoms with Crippen LogP contribution in [0, 0.1) is 0 Å². The topological polar surface area (TPSA) is 102 Å². The maximum Gasteiger partial charge on any atom is 0.249 e. The lowest BCUT2D eigenvalue weighted by Crippen LogP contribution is -2.15. The van der Waals surface area contributed by atoms with Crippen LogP contribution in [0.1, 0.15) is 5.01 Å². The molecule has 0 aliphatic rings. The van der Waals surface area contributed by atoms with E-state index >= 15 is 0 Å². The summed E-state index contributed by atoms with van der Waals surface area (Å²) < 4.78 is 11.7. The van der Waals surface area contributed by atoms with Crippen LogP contribution in [0.2, 0.25) is 0 Å². The van der Waals surface area contributed by atoms with Gasteiger partial charge in [0, 0.05) is 11.8 Å². The average molecular weight is 442 g/mol. The molecule has 0 saturated heterocycles. The predicted molar refractivity (Wildman–Crippen MR) is 119 cm³/mol. The maximum atomic E-state index is 12.2. The van der Waals surface area contributed by atoms with Gasteiger partial charge >= 0.3 is 0 Å². The lowest BCUT2D eigenvalue weighted by Gasteiger charge is -2.07. The van der Waals surface area contributed by atoms with Gasteiger partial charge in [-0.1, -0.05) is 12.1 Å². The number of carbonyl (C=O) groups is 1. The molecule has 0 aliphatic heterocycles. The lowest BCUT2D eigenvalue weighted by atomic mass is 10.2. The van der Waals surface area contributed by atoms with Gasteiger partial charge in [0.15, 0.2) is 5.82 Å². The van der Waals surface area contributed by atoms with Crippen molar-refractivity contribution in [1.82, 2.24) is 20.2 Å². The van der Waals surface area contributed by atoms with Crippen molar-refractivity contribution in [3.8, 4) is 22.9 Å². The standard InChI is InChI=1S/C20H19N5O3S2/c1-27-12-7-8-13(15(9-12)28-2)19-23-20(25-24-19)22-17(26)10-29-11-18-21-14-5-3-4-6-16(14)30-18/h3-9H,10-11H2,1-2H3,(H2,22,23,24,25,26). The molecule has 154 valence electrons. The lowest BCUT2D eigenvalue weighted by molar-refractivity contribution is -0.113. The van der Waals surface area contributed by atoms with Crippen molar-refractivity contribution in [3.05, 3.63) is 47.5 Å². The van der Waals surface area contributed by atoms with E-state index in [0.29, 0.717) is 23.1 Å². The third kappa shape index (κ3) is 4.55. The van der Waals surface area contributed by atoms with E-state index in [1.54, 1.807) is 37.7 Å². The quantitative estimate of drug-likeness (QED) is 0.426. The van der Waals surface area contributed by atoms with Gasteiger partial charge < -0.3 is 9.47 Å². The van der Waals surface area contributed by atoms with E-state index in [1.807, 2.05) is 30.3 Å². The van der Waals surface area contributed by atoms with Crippen LogP contribution in [-0.2, 0) is 10.5 Å². The average Bonchev–Trinajstić information content (AvgIpc) is 3.39. The highest BCUT2D eigenvalue weighted by atomic mass is 32.2. The van der Waals surface area contributed by atoms with Crippen molar-refractivity contribution in [2.75, 3.05) is 25.3 Å². The Hall–Kier alpha value is -3.11. The number of rotatable bonds is 8. The van der Waals surface area contributed by atoms with E-state index in [4.69, 9.17) is 9.47 Å². The molecule has 1 amide bonds. The molecule has 0 bridgehead atoms. The van der Waals surface area contributed by atoms with Gasteiger partial charge in [-0.2, -0.15) is 4.98 Å². The molecule has 0 spiro atoms. The van der Waals surface area contributed by atoms with Crippen LogP contribution in [-0.4, -0.2) is 46.0 Å². The summed E-state index contributed by atoms with van der Waals surface area (Å²) in [5.41, 5.74) is 1.71. The van der Waals surface area contributed by atoms with Crippen LogP contribution in [0.3, 0.4) is 0 Å². The summed E-state index contributed by atoms with van der Waals surface area (Å²) in [4.78, 5) is 21.2. The fraction of sp³-hybridized carbons (Fsp3) is 0.200.